The second-order valence-electron chi connectivity index (χ2n) is 7.33. The predicted molar refractivity (Wildman–Crippen MR) is 93.8 cm³/mol. The lowest BCUT2D eigenvalue weighted by Gasteiger charge is -2.45. The highest BCUT2D eigenvalue weighted by Gasteiger charge is 2.42. The van der Waals surface area contributed by atoms with E-state index in [1.165, 1.54) is 6.42 Å². The van der Waals surface area contributed by atoms with Crippen molar-refractivity contribution in [3.8, 4) is 0 Å². The van der Waals surface area contributed by atoms with Crippen molar-refractivity contribution in [2.24, 2.45) is 23.5 Å². The number of rotatable bonds is 4. The Morgan fingerprint density at radius 1 is 1.25 bits per heavy atom. The molecule has 0 spiro atoms. The molecule has 0 radical (unpaired) electrons. The van der Waals surface area contributed by atoms with Gasteiger partial charge in [0.05, 0.1) is 13.2 Å². The highest BCUT2D eigenvalue weighted by atomic mass is 35.5. The molecule has 3 rings (SSSR count). The van der Waals surface area contributed by atoms with Crippen LogP contribution in [-0.2, 0) is 14.3 Å². The molecular formula is C17H30ClN3O3. The average Bonchev–Trinajstić information content (AvgIpc) is 2.53. The second kappa shape index (κ2) is 8.50. The van der Waals surface area contributed by atoms with Gasteiger partial charge in [-0.2, -0.15) is 0 Å². The molecule has 1 aliphatic heterocycles. The molecule has 1 heterocycles. The lowest BCUT2D eigenvalue weighted by Crippen LogP contribution is -2.56. The van der Waals surface area contributed by atoms with Gasteiger partial charge in [-0.15, -0.1) is 12.4 Å². The van der Waals surface area contributed by atoms with E-state index in [9.17, 15) is 9.59 Å². The van der Waals surface area contributed by atoms with E-state index in [0.717, 1.165) is 25.7 Å². The number of methoxy groups -OCH3 is 1. The Balaban J connectivity index is 0.00000208. The molecule has 0 aromatic carbocycles. The Bertz CT molecular complexity index is 448. The van der Waals surface area contributed by atoms with Gasteiger partial charge in [0.2, 0.25) is 11.8 Å². The Kier molecular flexibility index (Phi) is 6.89. The largest absolute Gasteiger partial charge is 0.383 e. The summed E-state index contributed by atoms with van der Waals surface area (Å²) in [4.78, 5) is 28.6. The highest BCUT2D eigenvalue weighted by Crippen LogP contribution is 2.42. The molecule has 0 aromatic rings. The molecule has 2 N–H and O–H groups in total. The summed E-state index contributed by atoms with van der Waals surface area (Å²) in [6.07, 6.45) is 5.39. The fraction of sp³-hybridized carbons (Fsp3) is 0.882. The van der Waals surface area contributed by atoms with Crippen molar-refractivity contribution in [2.45, 2.75) is 38.1 Å². The Morgan fingerprint density at radius 2 is 1.92 bits per heavy atom. The maximum Gasteiger partial charge on any atom is 0.242 e. The molecule has 3 fully saturated rings. The molecule has 24 heavy (non-hydrogen) atoms. The lowest BCUT2D eigenvalue weighted by atomic mass is 9.65. The first-order valence-corrected chi connectivity index (χ1v) is 8.91. The number of amides is 2. The summed E-state index contributed by atoms with van der Waals surface area (Å²) in [5.74, 6) is 1.27. The van der Waals surface area contributed by atoms with Crippen LogP contribution >= 0.6 is 12.4 Å². The third-order valence-corrected chi connectivity index (χ3v) is 5.96. The Hall–Kier alpha value is -0.850. The predicted octanol–water partition coefficient (Wildman–Crippen LogP) is 0.879. The van der Waals surface area contributed by atoms with Crippen molar-refractivity contribution < 1.29 is 14.3 Å². The van der Waals surface area contributed by atoms with E-state index in [1.54, 1.807) is 16.9 Å². The monoisotopic (exact) mass is 359 g/mol. The van der Waals surface area contributed by atoms with Gasteiger partial charge in [0.25, 0.3) is 0 Å². The minimum absolute atomic E-state index is 0. The zero-order chi connectivity index (χ0) is 16.4. The van der Waals surface area contributed by atoms with Crippen LogP contribution in [0.1, 0.15) is 32.1 Å². The van der Waals surface area contributed by atoms with Gasteiger partial charge in [-0.3, -0.25) is 9.59 Å². The normalized spacial score (nSPS) is 33.2. The number of ether oxygens (including phenoxy) is 1. The summed E-state index contributed by atoms with van der Waals surface area (Å²) in [7, 11) is 1.63. The molecule has 1 saturated heterocycles. The topological polar surface area (TPSA) is 75.9 Å². The van der Waals surface area contributed by atoms with Crippen molar-refractivity contribution in [2.75, 3.05) is 39.9 Å². The fourth-order valence-electron chi connectivity index (χ4n) is 4.58. The number of halogens is 1. The van der Waals surface area contributed by atoms with E-state index in [4.69, 9.17) is 10.5 Å². The number of nitrogens with zero attached hydrogens (tertiary/aromatic N) is 2. The number of carbonyl (C=O) groups is 2. The van der Waals surface area contributed by atoms with Crippen LogP contribution < -0.4 is 5.73 Å². The molecule has 2 unspecified atom stereocenters. The number of fused-ring (bicyclic) bond motifs is 2. The van der Waals surface area contributed by atoms with E-state index in [2.05, 4.69) is 0 Å². The number of hydrogen-bond donors (Lipinski definition) is 1. The van der Waals surface area contributed by atoms with Gasteiger partial charge in [0.15, 0.2) is 0 Å². The zero-order valence-corrected chi connectivity index (χ0v) is 15.3. The number of piperazine rings is 1. The molecular weight excluding hydrogens is 330 g/mol. The van der Waals surface area contributed by atoms with Crippen LogP contribution in [0.3, 0.4) is 0 Å². The maximum absolute atomic E-state index is 12.8. The number of hydrogen-bond acceptors (Lipinski definition) is 4. The molecule has 6 nitrogen and oxygen atoms in total. The van der Waals surface area contributed by atoms with E-state index >= 15 is 0 Å². The summed E-state index contributed by atoms with van der Waals surface area (Å²) >= 11 is 0. The lowest BCUT2D eigenvalue weighted by molar-refractivity contribution is -0.149. The third-order valence-electron chi connectivity index (χ3n) is 5.96. The summed E-state index contributed by atoms with van der Waals surface area (Å²) in [5, 5.41) is 0. The summed E-state index contributed by atoms with van der Waals surface area (Å²) in [6.45, 7) is 2.64. The number of nitrogens with two attached hydrogens (primary N) is 1. The molecule has 2 aliphatic carbocycles. The maximum atomic E-state index is 12.8. The van der Waals surface area contributed by atoms with Gasteiger partial charge in [-0.1, -0.05) is 6.42 Å². The van der Waals surface area contributed by atoms with Crippen molar-refractivity contribution in [1.82, 2.24) is 9.80 Å². The van der Waals surface area contributed by atoms with E-state index in [-0.39, 0.29) is 42.7 Å². The van der Waals surface area contributed by atoms with Crippen molar-refractivity contribution >= 4 is 24.2 Å². The van der Waals surface area contributed by atoms with Crippen LogP contribution in [0.5, 0.6) is 0 Å². The molecule has 2 saturated carbocycles. The zero-order valence-electron chi connectivity index (χ0n) is 14.5. The van der Waals surface area contributed by atoms with Crippen LogP contribution in [0.4, 0.5) is 0 Å². The van der Waals surface area contributed by atoms with E-state index in [1.807, 2.05) is 0 Å². The first kappa shape index (κ1) is 19.5. The van der Waals surface area contributed by atoms with E-state index < -0.39 is 0 Å². The van der Waals surface area contributed by atoms with Gasteiger partial charge in [-0.25, -0.2) is 0 Å². The fourth-order valence-corrected chi connectivity index (χ4v) is 4.58. The minimum Gasteiger partial charge on any atom is -0.383 e. The van der Waals surface area contributed by atoms with Crippen LogP contribution in [-0.4, -0.2) is 67.6 Å². The molecule has 2 atom stereocenters. The van der Waals surface area contributed by atoms with Gasteiger partial charge < -0.3 is 20.3 Å². The van der Waals surface area contributed by atoms with Crippen LogP contribution in [0, 0.1) is 17.8 Å². The van der Waals surface area contributed by atoms with Crippen molar-refractivity contribution in [3.05, 3.63) is 0 Å². The Morgan fingerprint density at radius 3 is 2.50 bits per heavy atom. The average molecular weight is 360 g/mol. The molecule has 138 valence electrons. The van der Waals surface area contributed by atoms with Gasteiger partial charge >= 0.3 is 0 Å². The first-order chi connectivity index (χ1) is 11.1. The first-order valence-electron chi connectivity index (χ1n) is 8.91. The van der Waals surface area contributed by atoms with Crippen LogP contribution in [0.25, 0.3) is 0 Å². The quantitative estimate of drug-likeness (QED) is 0.808. The molecule has 0 aromatic heterocycles. The third kappa shape index (κ3) is 4.03. The summed E-state index contributed by atoms with van der Waals surface area (Å²) in [6, 6.07) is 0.278. The molecule has 7 heteroatoms. The van der Waals surface area contributed by atoms with Crippen LogP contribution in [0.2, 0.25) is 0 Å². The van der Waals surface area contributed by atoms with Crippen LogP contribution in [0.15, 0.2) is 0 Å². The van der Waals surface area contributed by atoms with Gasteiger partial charge in [-0.05, 0) is 37.5 Å². The molecule has 2 amide bonds. The highest BCUT2D eigenvalue weighted by molar-refractivity contribution is 5.87. The SMILES string of the molecule is COCCN1CCN(C(=O)C2CC3CCCC(C2)C3N)CC1=O.Cl. The smallest absolute Gasteiger partial charge is 0.242 e. The van der Waals surface area contributed by atoms with Gasteiger partial charge in [0, 0.05) is 38.7 Å². The summed E-state index contributed by atoms with van der Waals surface area (Å²) < 4.78 is 5.03. The second-order valence-corrected chi connectivity index (χ2v) is 7.33. The molecule has 2 bridgehead atoms. The van der Waals surface area contributed by atoms with Crippen molar-refractivity contribution in [1.29, 1.82) is 0 Å². The van der Waals surface area contributed by atoms with Crippen molar-refractivity contribution in [3.63, 3.8) is 0 Å². The Labute approximate surface area is 150 Å². The van der Waals surface area contributed by atoms with E-state index in [0.29, 0.717) is 38.1 Å². The standard InChI is InChI=1S/C17H29N3O3.ClH/c1-23-8-7-19-5-6-20(11-15(19)21)17(22)14-9-12-3-2-4-13(10-14)16(12)18;/h12-14,16H,2-11,18H2,1H3;1H. The van der Waals surface area contributed by atoms with Gasteiger partial charge in [0.1, 0.15) is 0 Å². The number of carbonyl (C=O) groups excluding carboxylic acids is 2. The minimum atomic E-state index is 0. The molecule has 3 aliphatic rings. The summed E-state index contributed by atoms with van der Waals surface area (Å²) in [5.41, 5.74) is 6.31.